The lowest BCUT2D eigenvalue weighted by Crippen LogP contribution is -2.12. The molecule has 0 aromatic carbocycles. The first-order valence-electron chi connectivity index (χ1n) is 5.91. The molecule has 0 saturated carbocycles. The summed E-state index contributed by atoms with van der Waals surface area (Å²) in [7, 11) is 1.60. The van der Waals surface area contributed by atoms with E-state index in [4.69, 9.17) is 16.3 Å². The van der Waals surface area contributed by atoms with Crippen molar-refractivity contribution in [2.45, 2.75) is 26.0 Å². The Morgan fingerprint density at radius 3 is 2.95 bits per heavy atom. The molecule has 0 radical (unpaired) electrons. The van der Waals surface area contributed by atoms with Crippen LogP contribution in [0.1, 0.15) is 30.2 Å². The van der Waals surface area contributed by atoms with Crippen LogP contribution < -0.4 is 5.32 Å². The van der Waals surface area contributed by atoms with E-state index in [9.17, 15) is 0 Å². The van der Waals surface area contributed by atoms with E-state index < -0.39 is 0 Å². The molecule has 0 saturated heterocycles. The SMILES string of the molecule is CCC(Nc1cc(Cl)nc(COC)n1)c1nccs1. The number of nitrogens with one attached hydrogen (secondary N) is 1. The van der Waals surface area contributed by atoms with Crippen molar-refractivity contribution in [2.75, 3.05) is 12.4 Å². The Bertz CT molecular complexity index is 520. The van der Waals surface area contributed by atoms with Crippen molar-refractivity contribution in [2.24, 2.45) is 0 Å². The van der Waals surface area contributed by atoms with Gasteiger partial charge in [0.1, 0.15) is 22.6 Å². The zero-order valence-electron chi connectivity index (χ0n) is 10.8. The molecule has 1 N–H and O–H groups in total. The molecule has 0 aliphatic rings. The smallest absolute Gasteiger partial charge is 0.158 e. The molecular formula is C12H15ClN4OS. The second kappa shape index (κ2) is 6.79. The normalized spacial score (nSPS) is 12.4. The van der Waals surface area contributed by atoms with E-state index in [2.05, 4.69) is 27.2 Å². The third-order valence-electron chi connectivity index (χ3n) is 2.49. The molecule has 5 nitrogen and oxygen atoms in total. The summed E-state index contributed by atoms with van der Waals surface area (Å²) in [5.74, 6) is 1.25. The largest absolute Gasteiger partial charge is 0.377 e. The van der Waals surface area contributed by atoms with Crippen LogP contribution in [0, 0.1) is 0 Å². The second-order valence-electron chi connectivity index (χ2n) is 3.90. The molecule has 0 bridgehead atoms. The van der Waals surface area contributed by atoms with Crippen LogP contribution in [0.15, 0.2) is 17.6 Å². The number of methoxy groups -OCH3 is 1. The summed E-state index contributed by atoms with van der Waals surface area (Å²) in [6, 6.07) is 1.83. The first-order valence-corrected chi connectivity index (χ1v) is 7.17. The third kappa shape index (κ3) is 3.86. The zero-order valence-corrected chi connectivity index (χ0v) is 12.3. The average molecular weight is 299 g/mol. The topological polar surface area (TPSA) is 59.9 Å². The van der Waals surface area contributed by atoms with Crippen LogP contribution in [0.3, 0.4) is 0 Å². The summed E-state index contributed by atoms with van der Waals surface area (Å²) >= 11 is 7.60. The fraction of sp³-hybridized carbons (Fsp3) is 0.417. The van der Waals surface area contributed by atoms with Crippen molar-refractivity contribution in [1.82, 2.24) is 15.0 Å². The standard InChI is InChI=1S/C12H15ClN4OS/c1-3-8(12-14-4-5-19-12)15-10-6-9(13)16-11(17-10)7-18-2/h4-6,8H,3,7H2,1-2H3,(H,15,16,17). The highest BCUT2D eigenvalue weighted by Crippen LogP contribution is 2.24. The first-order chi connectivity index (χ1) is 9.22. The number of rotatable bonds is 6. The van der Waals surface area contributed by atoms with Crippen LogP contribution in [0.25, 0.3) is 0 Å². The van der Waals surface area contributed by atoms with Gasteiger partial charge in [0.25, 0.3) is 0 Å². The van der Waals surface area contributed by atoms with Gasteiger partial charge in [0, 0.05) is 24.8 Å². The predicted octanol–water partition coefficient (Wildman–Crippen LogP) is 3.30. The monoisotopic (exact) mass is 298 g/mol. The summed E-state index contributed by atoms with van der Waals surface area (Å²) in [6.45, 7) is 2.43. The fourth-order valence-electron chi connectivity index (χ4n) is 1.66. The maximum Gasteiger partial charge on any atom is 0.158 e. The zero-order chi connectivity index (χ0) is 13.7. The number of nitrogens with zero attached hydrogens (tertiary/aromatic N) is 3. The van der Waals surface area contributed by atoms with Crippen molar-refractivity contribution in [1.29, 1.82) is 0 Å². The molecule has 1 atom stereocenters. The van der Waals surface area contributed by atoms with Gasteiger partial charge in [-0.05, 0) is 6.42 Å². The Morgan fingerprint density at radius 2 is 2.32 bits per heavy atom. The van der Waals surface area contributed by atoms with E-state index in [-0.39, 0.29) is 6.04 Å². The fourth-order valence-corrected chi connectivity index (χ4v) is 2.63. The minimum atomic E-state index is 0.126. The Morgan fingerprint density at radius 1 is 1.47 bits per heavy atom. The first kappa shape index (κ1) is 14.2. The minimum absolute atomic E-state index is 0.126. The van der Waals surface area contributed by atoms with Gasteiger partial charge in [-0.3, -0.25) is 0 Å². The Hall–Kier alpha value is -1.24. The molecule has 0 aliphatic heterocycles. The highest BCUT2D eigenvalue weighted by molar-refractivity contribution is 7.09. The molecule has 19 heavy (non-hydrogen) atoms. The lowest BCUT2D eigenvalue weighted by molar-refractivity contribution is 0.178. The van der Waals surface area contributed by atoms with Crippen LogP contribution in [0.4, 0.5) is 5.82 Å². The molecule has 0 spiro atoms. The van der Waals surface area contributed by atoms with Gasteiger partial charge in [-0.25, -0.2) is 15.0 Å². The molecule has 1 unspecified atom stereocenters. The van der Waals surface area contributed by atoms with E-state index >= 15 is 0 Å². The molecule has 0 fully saturated rings. The van der Waals surface area contributed by atoms with Crippen LogP contribution in [0.5, 0.6) is 0 Å². The molecule has 2 aromatic heterocycles. The van der Waals surface area contributed by atoms with Crippen molar-refractivity contribution in [3.8, 4) is 0 Å². The maximum atomic E-state index is 5.98. The summed E-state index contributed by atoms with van der Waals surface area (Å²) in [5.41, 5.74) is 0. The van der Waals surface area contributed by atoms with Gasteiger partial charge in [-0.15, -0.1) is 11.3 Å². The number of thiazole rings is 1. The number of anilines is 1. The van der Waals surface area contributed by atoms with Crippen molar-refractivity contribution in [3.05, 3.63) is 33.6 Å². The van der Waals surface area contributed by atoms with Gasteiger partial charge in [0.15, 0.2) is 5.82 Å². The number of hydrogen-bond donors (Lipinski definition) is 1. The lowest BCUT2D eigenvalue weighted by Gasteiger charge is -2.15. The summed E-state index contributed by atoms with van der Waals surface area (Å²) in [6.07, 6.45) is 2.71. The molecule has 2 rings (SSSR count). The number of ether oxygens (including phenoxy) is 1. The van der Waals surface area contributed by atoms with Crippen LogP contribution in [-0.2, 0) is 11.3 Å². The van der Waals surface area contributed by atoms with Crippen molar-refractivity contribution >= 4 is 28.8 Å². The quantitative estimate of drug-likeness (QED) is 0.829. The molecular weight excluding hydrogens is 284 g/mol. The maximum absolute atomic E-state index is 5.98. The van der Waals surface area contributed by atoms with E-state index in [1.54, 1.807) is 30.7 Å². The van der Waals surface area contributed by atoms with E-state index in [1.807, 2.05) is 5.38 Å². The second-order valence-corrected chi connectivity index (χ2v) is 5.21. The molecule has 7 heteroatoms. The molecule has 2 aromatic rings. The molecule has 102 valence electrons. The van der Waals surface area contributed by atoms with Crippen LogP contribution >= 0.6 is 22.9 Å². The Kier molecular flexibility index (Phi) is 5.07. The van der Waals surface area contributed by atoms with Gasteiger partial charge in [-0.2, -0.15) is 0 Å². The highest BCUT2D eigenvalue weighted by Gasteiger charge is 2.13. The number of aromatic nitrogens is 3. The van der Waals surface area contributed by atoms with E-state index in [0.29, 0.717) is 23.4 Å². The van der Waals surface area contributed by atoms with Gasteiger partial charge < -0.3 is 10.1 Å². The lowest BCUT2D eigenvalue weighted by atomic mass is 10.2. The summed E-state index contributed by atoms with van der Waals surface area (Å²) in [4.78, 5) is 12.8. The average Bonchev–Trinajstić information content (AvgIpc) is 2.89. The summed E-state index contributed by atoms with van der Waals surface area (Å²) < 4.78 is 5.02. The van der Waals surface area contributed by atoms with E-state index in [1.165, 1.54) is 0 Å². The third-order valence-corrected chi connectivity index (χ3v) is 3.58. The summed E-state index contributed by atoms with van der Waals surface area (Å²) in [5, 5.41) is 6.72. The molecule has 0 aliphatic carbocycles. The Balaban J connectivity index is 2.17. The molecule has 2 heterocycles. The Labute approximate surface area is 121 Å². The van der Waals surface area contributed by atoms with Crippen molar-refractivity contribution < 1.29 is 4.74 Å². The van der Waals surface area contributed by atoms with Gasteiger partial charge in [0.2, 0.25) is 0 Å². The van der Waals surface area contributed by atoms with Gasteiger partial charge in [0.05, 0.1) is 6.04 Å². The highest BCUT2D eigenvalue weighted by atomic mass is 35.5. The van der Waals surface area contributed by atoms with Crippen molar-refractivity contribution in [3.63, 3.8) is 0 Å². The van der Waals surface area contributed by atoms with E-state index in [0.717, 1.165) is 11.4 Å². The van der Waals surface area contributed by atoms with Gasteiger partial charge in [-0.1, -0.05) is 18.5 Å². The molecule has 0 amide bonds. The van der Waals surface area contributed by atoms with Crippen LogP contribution in [0.2, 0.25) is 5.15 Å². The minimum Gasteiger partial charge on any atom is -0.377 e. The van der Waals surface area contributed by atoms with Gasteiger partial charge >= 0.3 is 0 Å². The predicted molar refractivity (Wildman–Crippen MR) is 76.5 cm³/mol. The number of hydrogen-bond acceptors (Lipinski definition) is 6. The number of halogens is 1. The van der Waals surface area contributed by atoms with Crippen LogP contribution in [-0.4, -0.2) is 22.1 Å².